The number of halogens is 1. The van der Waals surface area contributed by atoms with Gasteiger partial charge in [-0.15, -0.1) is 0 Å². The van der Waals surface area contributed by atoms with Gasteiger partial charge in [0.25, 0.3) is 0 Å². The molecule has 2 aromatic carbocycles. The van der Waals surface area contributed by atoms with Crippen LogP contribution in [0.3, 0.4) is 0 Å². The first-order valence-corrected chi connectivity index (χ1v) is 8.16. The monoisotopic (exact) mass is 328 g/mol. The van der Waals surface area contributed by atoms with Gasteiger partial charge in [-0.3, -0.25) is 0 Å². The summed E-state index contributed by atoms with van der Waals surface area (Å²) in [7, 11) is 0. The first kappa shape index (κ1) is 12.5. The van der Waals surface area contributed by atoms with Gasteiger partial charge >= 0.3 is 0 Å². The molecule has 1 fully saturated rings. The van der Waals surface area contributed by atoms with Crippen LogP contribution in [0.1, 0.15) is 43.2 Å². The highest BCUT2D eigenvalue weighted by atomic mass is 79.9. The number of fused-ring (bicyclic) bond motifs is 4. The molecule has 1 aliphatic carbocycles. The van der Waals surface area contributed by atoms with Gasteiger partial charge in [-0.25, -0.2) is 0 Å². The van der Waals surface area contributed by atoms with E-state index in [0.29, 0.717) is 0 Å². The van der Waals surface area contributed by atoms with E-state index in [1.54, 1.807) is 0 Å². The fourth-order valence-corrected chi connectivity index (χ4v) is 4.23. The number of ether oxygens (including phenoxy) is 1. The summed E-state index contributed by atoms with van der Waals surface area (Å²) in [5, 5.41) is 0. The highest BCUT2D eigenvalue weighted by Crippen LogP contribution is 2.55. The molecule has 0 atom stereocenters. The Balaban J connectivity index is 1.98. The zero-order chi connectivity index (χ0) is 13.6. The number of hydrogen-bond acceptors (Lipinski definition) is 1. The lowest BCUT2D eigenvalue weighted by Gasteiger charge is -2.43. The van der Waals surface area contributed by atoms with Crippen LogP contribution in [0.5, 0.6) is 11.5 Å². The zero-order valence-electron chi connectivity index (χ0n) is 11.4. The quantitative estimate of drug-likeness (QED) is 0.593. The molecular weight excluding hydrogens is 312 g/mol. The van der Waals surface area contributed by atoms with Crippen molar-refractivity contribution >= 4 is 15.9 Å². The average Bonchev–Trinajstić information content (AvgIpc) is 2.50. The van der Waals surface area contributed by atoms with Gasteiger partial charge in [0, 0.05) is 21.0 Å². The van der Waals surface area contributed by atoms with Crippen molar-refractivity contribution in [3.63, 3.8) is 0 Å². The van der Waals surface area contributed by atoms with Crippen LogP contribution in [-0.4, -0.2) is 0 Å². The fraction of sp³-hybridized carbons (Fsp3) is 0.333. The van der Waals surface area contributed by atoms with Crippen LogP contribution in [0.25, 0.3) is 0 Å². The van der Waals surface area contributed by atoms with Crippen LogP contribution < -0.4 is 4.74 Å². The lowest BCUT2D eigenvalue weighted by atomic mass is 9.64. The van der Waals surface area contributed by atoms with Gasteiger partial charge < -0.3 is 4.74 Å². The summed E-state index contributed by atoms with van der Waals surface area (Å²) < 4.78 is 7.28. The van der Waals surface area contributed by atoms with Crippen molar-refractivity contribution in [1.29, 1.82) is 0 Å². The van der Waals surface area contributed by atoms with E-state index >= 15 is 0 Å². The predicted molar refractivity (Wildman–Crippen MR) is 84.5 cm³/mol. The van der Waals surface area contributed by atoms with Crippen molar-refractivity contribution in [2.45, 2.75) is 37.5 Å². The summed E-state index contributed by atoms with van der Waals surface area (Å²) in [6.45, 7) is 0. The Morgan fingerprint density at radius 1 is 0.850 bits per heavy atom. The van der Waals surface area contributed by atoms with E-state index in [0.717, 1.165) is 16.0 Å². The molecule has 2 aliphatic rings. The van der Waals surface area contributed by atoms with Crippen LogP contribution in [-0.2, 0) is 5.41 Å². The molecule has 0 saturated heterocycles. The van der Waals surface area contributed by atoms with E-state index in [-0.39, 0.29) is 5.41 Å². The predicted octanol–water partition coefficient (Wildman–Crippen LogP) is 5.81. The van der Waals surface area contributed by atoms with Crippen LogP contribution >= 0.6 is 15.9 Å². The molecule has 102 valence electrons. The Labute approximate surface area is 128 Å². The number of hydrogen-bond donors (Lipinski definition) is 0. The van der Waals surface area contributed by atoms with Crippen molar-refractivity contribution in [2.24, 2.45) is 0 Å². The third-order valence-electron chi connectivity index (χ3n) is 4.79. The molecule has 1 heterocycles. The minimum Gasteiger partial charge on any atom is -0.457 e. The third-order valence-corrected chi connectivity index (χ3v) is 5.28. The Bertz CT molecular complexity index is 656. The second-order valence-electron chi connectivity index (χ2n) is 5.88. The first-order chi connectivity index (χ1) is 9.79. The van der Waals surface area contributed by atoms with Crippen LogP contribution in [0.2, 0.25) is 0 Å². The number of rotatable bonds is 0. The van der Waals surface area contributed by atoms with Gasteiger partial charge in [-0.2, -0.15) is 0 Å². The normalized spacial score (nSPS) is 19.1. The highest BCUT2D eigenvalue weighted by molar-refractivity contribution is 9.10. The second kappa shape index (κ2) is 4.63. The molecule has 2 aromatic rings. The van der Waals surface area contributed by atoms with Gasteiger partial charge in [0.15, 0.2) is 0 Å². The molecule has 0 unspecified atom stereocenters. The van der Waals surface area contributed by atoms with E-state index in [1.165, 1.54) is 43.2 Å². The van der Waals surface area contributed by atoms with Crippen LogP contribution in [0.15, 0.2) is 46.9 Å². The summed E-state index contributed by atoms with van der Waals surface area (Å²) in [6, 6.07) is 15.0. The lowest BCUT2D eigenvalue weighted by molar-refractivity contribution is 0.306. The Morgan fingerprint density at radius 2 is 1.60 bits per heavy atom. The van der Waals surface area contributed by atoms with Crippen molar-refractivity contribution in [2.75, 3.05) is 0 Å². The van der Waals surface area contributed by atoms with Gasteiger partial charge in [0.05, 0.1) is 0 Å². The van der Waals surface area contributed by atoms with E-state index in [1.807, 2.05) is 0 Å². The maximum atomic E-state index is 6.14. The summed E-state index contributed by atoms with van der Waals surface area (Å²) >= 11 is 3.62. The summed E-state index contributed by atoms with van der Waals surface area (Å²) in [6.07, 6.45) is 6.43. The number of benzene rings is 2. The third kappa shape index (κ3) is 1.74. The van der Waals surface area contributed by atoms with Gasteiger partial charge in [0.1, 0.15) is 11.5 Å². The molecule has 0 bridgehead atoms. The molecule has 20 heavy (non-hydrogen) atoms. The minimum absolute atomic E-state index is 0.159. The first-order valence-electron chi connectivity index (χ1n) is 7.37. The smallest absolute Gasteiger partial charge is 0.131 e. The topological polar surface area (TPSA) is 9.23 Å². The molecule has 0 N–H and O–H groups in total. The fourth-order valence-electron chi connectivity index (χ4n) is 3.87. The van der Waals surface area contributed by atoms with Crippen molar-refractivity contribution in [1.82, 2.24) is 0 Å². The Morgan fingerprint density at radius 3 is 2.45 bits per heavy atom. The largest absolute Gasteiger partial charge is 0.457 e. The van der Waals surface area contributed by atoms with Crippen molar-refractivity contribution in [3.8, 4) is 11.5 Å². The molecule has 0 radical (unpaired) electrons. The molecule has 0 aromatic heterocycles. The summed E-state index contributed by atoms with van der Waals surface area (Å²) in [5.41, 5.74) is 2.90. The lowest BCUT2D eigenvalue weighted by Crippen LogP contribution is -2.33. The molecule has 0 amide bonds. The van der Waals surface area contributed by atoms with E-state index in [9.17, 15) is 0 Å². The zero-order valence-corrected chi connectivity index (χ0v) is 12.9. The van der Waals surface area contributed by atoms with E-state index in [2.05, 4.69) is 58.4 Å². The van der Waals surface area contributed by atoms with Crippen LogP contribution in [0.4, 0.5) is 0 Å². The van der Waals surface area contributed by atoms with Crippen LogP contribution in [0, 0.1) is 0 Å². The summed E-state index contributed by atoms with van der Waals surface area (Å²) in [5.74, 6) is 2.08. The van der Waals surface area contributed by atoms with Gasteiger partial charge in [-0.1, -0.05) is 53.4 Å². The van der Waals surface area contributed by atoms with Crippen molar-refractivity contribution < 1.29 is 4.74 Å². The van der Waals surface area contributed by atoms with Crippen molar-refractivity contribution in [3.05, 3.63) is 58.1 Å². The Hall–Kier alpha value is -1.28. The second-order valence-corrected chi connectivity index (χ2v) is 6.80. The molecule has 1 saturated carbocycles. The standard InChI is InChI=1S/C18H17BrO/c19-13-8-9-17-15(12-13)18(10-4-1-5-11-18)14-6-2-3-7-16(14)20-17/h2-3,6-9,12H,1,4-5,10-11H2. The molecule has 1 aliphatic heterocycles. The van der Waals surface area contributed by atoms with E-state index < -0.39 is 0 Å². The van der Waals surface area contributed by atoms with Gasteiger partial charge in [-0.05, 0) is 37.1 Å². The van der Waals surface area contributed by atoms with Gasteiger partial charge in [0.2, 0.25) is 0 Å². The molecular formula is C18H17BrO. The maximum absolute atomic E-state index is 6.14. The molecule has 1 spiro atoms. The number of para-hydroxylation sites is 1. The maximum Gasteiger partial charge on any atom is 0.131 e. The molecule has 1 nitrogen and oxygen atoms in total. The average molecular weight is 329 g/mol. The minimum atomic E-state index is 0.159. The molecule has 2 heteroatoms. The summed E-state index contributed by atoms with van der Waals surface area (Å²) in [4.78, 5) is 0. The van der Waals surface area contributed by atoms with E-state index in [4.69, 9.17) is 4.74 Å². The highest BCUT2D eigenvalue weighted by Gasteiger charge is 2.42. The SMILES string of the molecule is Brc1ccc2c(c1)C1(CCCCC1)c1ccccc1O2. The molecule has 4 rings (SSSR count). The Kier molecular flexibility index (Phi) is 2.88.